The van der Waals surface area contributed by atoms with Crippen molar-refractivity contribution >= 4 is 48.1 Å². The maximum Gasteiger partial charge on any atom is 1.00 e. The van der Waals surface area contributed by atoms with E-state index in [1.807, 2.05) is 0 Å². The number of phosphoric acid groups is 1. The van der Waals surface area contributed by atoms with Gasteiger partial charge < -0.3 is 21.6 Å². The molecule has 2 heterocycles. The van der Waals surface area contributed by atoms with Crippen LogP contribution in [0, 0.1) is 6.92 Å². The summed E-state index contributed by atoms with van der Waals surface area (Å²) in [5.41, 5.74) is 0.728. The number of amides is 1. The van der Waals surface area contributed by atoms with Crippen LogP contribution in [0.25, 0.3) is 6.08 Å². The molecular weight excluding hydrogens is 374 g/mol. The van der Waals surface area contributed by atoms with Crippen LogP contribution in [-0.4, -0.2) is 30.1 Å². The molecule has 1 aromatic heterocycles. The van der Waals surface area contributed by atoms with Crippen molar-refractivity contribution < 1.29 is 59.8 Å². The number of carbonyl (C=O) groups excluding carboxylic acids is 1. The molecule has 0 radical (unpaired) electrons. The van der Waals surface area contributed by atoms with Crippen LogP contribution < -0.4 is 34.9 Å². The molecule has 1 saturated heterocycles. The summed E-state index contributed by atoms with van der Waals surface area (Å²) in [7, 11) is -4.67. The predicted molar refractivity (Wildman–Crippen MR) is 84.9 cm³/mol. The van der Waals surface area contributed by atoms with Crippen molar-refractivity contribution in [2.24, 2.45) is 0 Å². The fourth-order valence-electron chi connectivity index (χ4n) is 1.63. The molecule has 120 valence electrons. The summed E-state index contributed by atoms with van der Waals surface area (Å²) in [6.07, 6.45) is 2.69. The first kappa shape index (κ1) is 20.8. The average molecular weight is 386 g/mol. The van der Waals surface area contributed by atoms with Gasteiger partial charge in [-0.15, -0.1) is 0 Å². The van der Waals surface area contributed by atoms with Crippen molar-refractivity contribution in [1.29, 1.82) is 0 Å². The SMILES string of the molecule is Cc1ncc(COP(=O)(O)O)c(/C=C2\SC(=S)NC2=O)c1O.[H-].[Na+]. The summed E-state index contributed by atoms with van der Waals surface area (Å²) >= 11 is 5.89. The number of thiocarbonyl (C=S) groups is 1. The molecular formula is C11H12N2NaO6PS2. The first-order valence-corrected chi connectivity index (χ1v) is 8.55. The summed E-state index contributed by atoms with van der Waals surface area (Å²) in [6.45, 7) is 1.08. The van der Waals surface area contributed by atoms with E-state index in [0.717, 1.165) is 11.8 Å². The van der Waals surface area contributed by atoms with Gasteiger partial charge in [-0.25, -0.2) is 4.57 Å². The largest absolute Gasteiger partial charge is 1.00 e. The van der Waals surface area contributed by atoms with Crippen LogP contribution in [0.4, 0.5) is 0 Å². The maximum absolute atomic E-state index is 11.7. The molecule has 0 bridgehead atoms. The molecule has 8 nitrogen and oxygen atoms in total. The third kappa shape index (κ3) is 5.63. The average Bonchev–Trinajstić information content (AvgIpc) is 2.71. The van der Waals surface area contributed by atoms with E-state index < -0.39 is 20.3 Å². The topological polar surface area (TPSA) is 129 Å². The summed E-state index contributed by atoms with van der Waals surface area (Å²) in [5.74, 6) is -0.615. The zero-order valence-corrected chi connectivity index (χ0v) is 16.7. The quantitative estimate of drug-likeness (QED) is 0.207. The van der Waals surface area contributed by atoms with Crippen molar-refractivity contribution in [1.82, 2.24) is 10.3 Å². The molecule has 1 amide bonds. The first-order chi connectivity index (χ1) is 10.2. The van der Waals surface area contributed by atoms with Crippen LogP contribution in [0.3, 0.4) is 0 Å². The third-order valence-corrected chi connectivity index (χ3v) is 4.29. The molecule has 1 aromatic rings. The fourth-order valence-corrected chi connectivity index (χ4v) is 2.97. The Morgan fingerprint density at radius 2 is 2.22 bits per heavy atom. The van der Waals surface area contributed by atoms with Gasteiger partial charge in [-0.05, 0) is 13.0 Å². The van der Waals surface area contributed by atoms with Crippen molar-refractivity contribution in [2.75, 3.05) is 0 Å². The zero-order valence-electron chi connectivity index (χ0n) is 13.1. The van der Waals surface area contributed by atoms with E-state index >= 15 is 0 Å². The summed E-state index contributed by atoms with van der Waals surface area (Å²) < 4.78 is 15.5. The molecule has 2 rings (SSSR count). The number of carbonyl (C=O) groups is 1. The molecule has 0 aromatic carbocycles. The fraction of sp³-hybridized carbons (Fsp3) is 0.182. The van der Waals surface area contributed by atoms with Crippen LogP contribution >= 0.6 is 31.8 Å². The van der Waals surface area contributed by atoms with Crippen LogP contribution in [0.5, 0.6) is 5.75 Å². The van der Waals surface area contributed by atoms with E-state index in [9.17, 15) is 14.5 Å². The molecule has 23 heavy (non-hydrogen) atoms. The predicted octanol–water partition coefficient (Wildman–Crippen LogP) is -1.69. The van der Waals surface area contributed by atoms with Gasteiger partial charge in [0.15, 0.2) is 0 Å². The molecule has 12 heteroatoms. The van der Waals surface area contributed by atoms with Crippen LogP contribution in [0.1, 0.15) is 18.2 Å². The first-order valence-electron chi connectivity index (χ1n) is 5.80. The minimum atomic E-state index is -4.67. The summed E-state index contributed by atoms with van der Waals surface area (Å²) in [5, 5.41) is 12.5. The number of nitrogens with one attached hydrogen (secondary N) is 1. The Kier molecular flexibility index (Phi) is 7.39. The van der Waals surface area contributed by atoms with Gasteiger partial charge in [0.05, 0.1) is 17.2 Å². The minimum absolute atomic E-state index is 0. The standard InChI is InChI=1S/C11H11N2O6PS2.Na.H/c1-5-9(14)7(2-8-10(15)13-11(21)22-8)6(3-12-5)4-19-20(16,17)18;;/h2-3,14H,4H2,1H3,(H,13,15,21)(H2,16,17,18);;/q;+1;-1/b8-2-;;. The molecule has 1 aliphatic rings. The Morgan fingerprint density at radius 1 is 1.57 bits per heavy atom. The number of aryl methyl sites for hydroxylation is 1. The molecule has 0 unspecified atom stereocenters. The molecule has 1 fully saturated rings. The monoisotopic (exact) mass is 386 g/mol. The Bertz CT molecular complexity index is 741. The number of aromatic nitrogens is 1. The third-order valence-electron chi connectivity index (χ3n) is 2.66. The Balaban J connectivity index is 0.00000264. The Hall–Kier alpha value is -0.290. The van der Waals surface area contributed by atoms with Crippen LogP contribution in [-0.2, 0) is 20.5 Å². The number of phosphoric ester groups is 1. The zero-order chi connectivity index (χ0) is 16.5. The number of nitrogens with zero attached hydrogens (tertiary/aromatic N) is 1. The van der Waals surface area contributed by atoms with E-state index in [2.05, 4.69) is 14.8 Å². The molecule has 1 aliphatic heterocycles. The Labute approximate surface area is 164 Å². The van der Waals surface area contributed by atoms with Gasteiger partial charge in [0, 0.05) is 17.3 Å². The molecule has 0 aliphatic carbocycles. The van der Waals surface area contributed by atoms with Crippen molar-refractivity contribution in [3.05, 3.63) is 27.9 Å². The molecule has 0 spiro atoms. The van der Waals surface area contributed by atoms with E-state index in [1.54, 1.807) is 6.92 Å². The van der Waals surface area contributed by atoms with Gasteiger partial charge in [0.2, 0.25) is 0 Å². The van der Waals surface area contributed by atoms with E-state index in [-0.39, 0.29) is 57.1 Å². The van der Waals surface area contributed by atoms with Gasteiger partial charge in [-0.3, -0.25) is 14.3 Å². The second-order valence-corrected chi connectivity index (χ2v) is 7.21. The number of rotatable bonds is 4. The number of pyridine rings is 1. The van der Waals surface area contributed by atoms with Gasteiger partial charge in [-0.1, -0.05) is 24.0 Å². The van der Waals surface area contributed by atoms with Gasteiger partial charge in [0.25, 0.3) is 5.91 Å². The minimum Gasteiger partial charge on any atom is -1.00 e. The summed E-state index contributed by atoms with van der Waals surface area (Å²) in [4.78, 5) is 33.3. The van der Waals surface area contributed by atoms with Gasteiger partial charge in [0.1, 0.15) is 10.1 Å². The van der Waals surface area contributed by atoms with Crippen LogP contribution in [0.15, 0.2) is 11.1 Å². The number of aromatic hydroxyl groups is 1. The molecule has 4 N–H and O–H groups in total. The molecule has 0 saturated carbocycles. The van der Waals surface area contributed by atoms with Crippen molar-refractivity contribution in [2.45, 2.75) is 13.5 Å². The van der Waals surface area contributed by atoms with Gasteiger partial charge in [-0.2, -0.15) is 0 Å². The number of hydrogen-bond donors (Lipinski definition) is 4. The Morgan fingerprint density at radius 3 is 2.74 bits per heavy atom. The maximum atomic E-state index is 11.7. The van der Waals surface area contributed by atoms with Crippen LogP contribution in [0.2, 0.25) is 0 Å². The van der Waals surface area contributed by atoms with E-state index in [0.29, 0.717) is 5.69 Å². The normalized spacial score (nSPS) is 16.4. The summed E-state index contributed by atoms with van der Waals surface area (Å²) in [6, 6.07) is 0. The van der Waals surface area contributed by atoms with Crippen molar-refractivity contribution in [3.63, 3.8) is 0 Å². The van der Waals surface area contributed by atoms with E-state index in [1.165, 1.54) is 12.3 Å². The molecule has 0 atom stereocenters. The van der Waals surface area contributed by atoms with Crippen molar-refractivity contribution in [3.8, 4) is 5.75 Å². The van der Waals surface area contributed by atoms with E-state index in [4.69, 9.17) is 22.0 Å². The number of hydrogen-bond acceptors (Lipinski definition) is 7. The second kappa shape index (κ2) is 8.19. The van der Waals surface area contributed by atoms with Gasteiger partial charge >= 0.3 is 37.4 Å². The number of thioether (sulfide) groups is 1. The smallest absolute Gasteiger partial charge is 1.00 e. The second-order valence-electron chi connectivity index (χ2n) is 4.25.